The van der Waals surface area contributed by atoms with Crippen molar-refractivity contribution in [2.75, 3.05) is 5.73 Å². The van der Waals surface area contributed by atoms with E-state index in [1.54, 1.807) is 0 Å². The molecule has 0 aliphatic rings. The first-order chi connectivity index (χ1) is 9.54. The van der Waals surface area contributed by atoms with Crippen molar-refractivity contribution in [3.63, 3.8) is 0 Å². The summed E-state index contributed by atoms with van der Waals surface area (Å²) in [6, 6.07) is 8.07. The van der Waals surface area contributed by atoms with Crippen LogP contribution in [0.2, 0.25) is 0 Å². The smallest absolute Gasteiger partial charge is 0.241 e. The van der Waals surface area contributed by atoms with Gasteiger partial charge in [-0.15, -0.1) is 0 Å². The molecule has 1 heterocycles. The lowest BCUT2D eigenvalue weighted by Gasteiger charge is -2.14. The summed E-state index contributed by atoms with van der Waals surface area (Å²) in [6.45, 7) is 9.12. The van der Waals surface area contributed by atoms with Gasteiger partial charge < -0.3 is 10.5 Å². The Labute approximate surface area is 120 Å². The molecule has 2 rings (SSSR count). The van der Waals surface area contributed by atoms with Crippen molar-refractivity contribution < 1.29 is 4.74 Å². The molecule has 4 nitrogen and oxygen atoms in total. The minimum absolute atomic E-state index is 0.399. The van der Waals surface area contributed by atoms with Crippen LogP contribution in [0.4, 0.5) is 5.69 Å². The number of nitrogens with two attached hydrogens (primary N) is 1. The van der Waals surface area contributed by atoms with Crippen LogP contribution in [0.25, 0.3) is 0 Å². The highest BCUT2D eigenvalue weighted by Gasteiger charge is 2.16. The second kappa shape index (κ2) is 5.99. The van der Waals surface area contributed by atoms with Gasteiger partial charge in [0.1, 0.15) is 11.4 Å². The van der Waals surface area contributed by atoms with Crippen LogP contribution in [0.15, 0.2) is 24.3 Å². The molecule has 0 bridgehead atoms. The Balaban J connectivity index is 2.39. The van der Waals surface area contributed by atoms with E-state index < -0.39 is 0 Å². The van der Waals surface area contributed by atoms with Crippen molar-refractivity contribution in [2.24, 2.45) is 0 Å². The Morgan fingerprint density at radius 2 is 2.00 bits per heavy atom. The van der Waals surface area contributed by atoms with Crippen molar-refractivity contribution in [1.29, 1.82) is 0 Å². The van der Waals surface area contributed by atoms with Gasteiger partial charge in [-0.3, -0.25) is 0 Å². The maximum Gasteiger partial charge on any atom is 0.241 e. The minimum atomic E-state index is 0.399. The van der Waals surface area contributed by atoms with E-state index in [0.717, 1.165) is 24.4 Å². The molecule has 0 radical (unpaired) electrons. The number of hydrogen-bond donors (Lipinski definition) is 1. The summed E-state index contributed by atoms with van der Waals surface area (Å²) in [5, 5.41) is 4.44. The standard InChI is InChI=1S/C16H23N3O/c1-5-10-19-16(15(17)12(4)18-19)20-14-9-7-6-8-13(14)11(2)3/h6-9,11H,5,10,17H2,1-4H3. The fraction of sp³-hybridized carbons (Fsp3) is 0.438. The van der Waals surface area contributed by atoms with Crippen LogP contribution in [-0.2, 0) is 6.54 Å². The fourth-order valence-corrected chi connectivity index (χ4v) is 2.20. The monoisotopic (exact) mass is 273 g/mol. The predicted octanol–water partition coefficient (Wildman–Crippen LogP) is 4.10. The molecular weight excluding hydrogens is 250 g/mol. The fourth-order valence-electron chi connectivity index (χ4n) is 2.20. The molecule has 0 unspecified atom stereocenters. The van der Waals surface area contributed by atoms with Crippen molar-refractivity contribution in [2.45, 2.75) is 46.6 Å². The molecule has 20 heavy (non-hydrogen) atoms. The lowest BCUT2D eigenvalue weighted by atomic mass is 10.0. The minimum Gasteiger partial charge on any atom is -0.437 e. The van der Waals surface area contributed by atoms with Gasteiger partial charge in [-0.2, -0.15) is 5.10 Å². The molecule has 1 aromatic heterocycles. The molecule has 0 aliphatic heterocycles. The lowest BCUT2D eigenvalue weighted by Crippen LogP contribution is -2.04. The highest BCUT2D eigenvalue weighted by molar-refractivity contribution is 5.54. The number of aromatic nitrogens is 2. The van der Waals surface area contributed by atoms with E-state index >= 15 is 0 Å². The van der Waals surface area contributed by atoms with Gasteiger partial charge >= 0.3 is 0 Å². The summed E-state index contributed by atoms with van der Waals surface area (Å²) in [6.07, 6.45) is 0.989. The molecule has 0 saturated heterocycles. The number of hydrogen-bond acceptors (Lipinski definition) is 3. The van der Waals surface area contributed by atoms with Gasteiger partial charge in [0.05, 0.1) is 5.69 Å². The second-order valence-electron chi connectivity index (χ2n) is 5.32. The highest BCUT2D eigenvalue weighted by Crippen LogP contribution is 2.34. The van der Waals surface area contributed by atoms with Crippen molar-refractivity contribution >= 4 is 5.69 Å². The van der Waals surface area contributed by atoms with Crippen molar-refractivity contribution in [3.8, 4) is 11.6 Å². The van der Waals surface area contributed by atoms with E-state index in [0.29, 0.717) is 17.5 Å². The third kappa shape index (κ3) is 2.79. The number of nitrogens with zero attached hydrogens (tertiary/aromatic N) is 2. The van der Waals surface area contributed by atoms with Gasteiger partial charge in [0.15, 0.2) is 0 Å². The van der Waals surface area contributed by atoms with Crippen LogP contribution < -0.4 is 10.5 Å². The molecule has 0 atom stereocenters. The third-order valence-electron chi connectivity index (χ3n) is 3.31. The Kier molecular flexibility index (Phi) is 4.32. The molecule has 2 aromatic rings. The van der Waals surface area contributed by atoms with E-state index in [-0.39, 0.29) is 0 Å². The second-order valence-corrected chi connectivity index (χ2v) is 5.32. The predicted molar refractivity (Wildman–Crippen MR) is 82.3 cm³/mol. The zero-order valence-corrected chi connectivity index (χ0v) is 12.7. The summed E-state index contributed by atoms with van der Waals surface area (Å²) in [5.74, 6) is 1.90. The molecule has 2 N–H and O–H groups in total. The summed E-state index contributed by atoms with van der Waals surface area (Å²) in [7, 11) is 0. The van der Waals surface area contributed by atoms with E-state index in [9.17, 15) is 0 Å². The number of rotatable bonds is 5. The average Bonchev–Trinajstić information content (AvgIpc) is 2.67. The first-order valence-electron chi connectivity index (χ1n) is 7.14. The topological polar surface area (TPSA) is 53.1 Å². The first kappa shape index (κ1) is 14.4. The zero-order chi connectivity index (χ0) is 14.7. The Hall–Kier alpha value is -1.97. The largest absolute Gasteiger partial charge is 0.437 e. The molecule has 0 fully saturated rings. The summed E-state index contributed by atoms with van der Waals surface area (Å²) in [4.78, 5) is 0. The number of ether oxygens (including phenoxy) is 1. The van der Waals surface area contributed by atoms with Gasteiger partial charge in [-0.05, 0) is 30.9 Å². The van der Waals surface area contributed by atoms with Gasteiger partial charge in [-0.25, -0.2) is 4.68 Å². The molecular formula is C16H23N3O. The summed E-state index contributed by atoms with van der Waals surface area (Å²) >= 11 is 0. The Morgan fingerprint density at radius 1 is 1.30 bits per heavy atom. The Morgan fingerprint density at radius 3 is 2.65 bits per heavy atom. The number of para-hydroxylation sites is 1. The van der Waals surface area contributed by atoms with Crippen LogP contribution in [-0.4, -0.2) is 9.78 Å². The first-order valence-corrected chi connectivity index (χ1v) is 7.14. The number of aryl methyl sites for hydroxylation is 2. The van der Waals surface area contributed by atoms with Crippen LogP contribution in [0.3, 0.4) is 0 Å². The van der Waals surface area contributed by atoms with E-state index in [4.69, 9.17) is 10.5 Å². The van der Waals surface area contributed by atoms with Crippen LogP contribution >= 0.6 is 0 Å². The van der Waals surface area contributed by atoms with E-state index in [1.165, 1.54) is 5.56 Å². The maximum atomic E-state index is 6.10. The quantitative estimate of drug-likeness (QED) is 0.892. The van der Waals surface area contributed by atoms with E-state index in [2.05, 4.69) is 31.9 Å². The molecule has 4 heteroatoms. The number of anilines is 1. The van der Waals surface area contributed by atoms with Crippen LogP contribution in [0.5, 0.6) is 11.6 Å². The summed E-state index contributed by atoms with van der Waals surface area (Å²) in [5.41, 5.74) is 8.71. The Bertz CT molecular complexity index is 587. The lowest BCUT2D eigenvalue weighted by molar-refractivity contribution is 0.405. The average molecular weight is 273 g/mol. The zero-order valence-electron chi connectivity index (χ0n) is 12.7. The number of nitrogen functional groups attached to an aromatic ring is 1. The van der Waals surface area contributed by atoms with Gasteiger partial charge in [0.25, 0.3) is 0 Å². The van der Waals surface area contributed by atoms with Gasteiger partial charge in [-0.1, -0.05) is 39.0 Å². The van der Waals surface area contributed by atoms with Crippen molar-refractivity contribution in [1.82, 2.24) is 9.78 Å². The molecule has 0 spiro atoms. The molecule has 1 aromatic carbocycles. The van der Waals surface area contributed by atoms with E-state index in [1.807, 2.05) is 29.8 Å². The van der Waals surface area contributed by atoms with Crippen molar-refractivity contribution in [3.05, 3.63) is 35.5 Å². The molecule has 108 valence electrons. The molecule has 0 amide bonds. The SMILES string of the molecule is CCCn1nc(C)c(N)c1Oc1ccccc1C(C)C. The summed E-state index contributed by atoms with van der Waals surface area (Å²) < 4.78 is 7.93. The van der Waals surface area contributed by atoms with Crippen LogP contribution in [0, 0.1) is 6.92 Å². The van der Waals surface area contributed by atoms with Gasteiger partial charge in [0, 0.05) is 6.54 Å². The highest BCUT2D eigenvalue weighted by atomic mass is 16.5. The maximum absolute atomic E-state index is 6.10. The van der Waals surface area contributed by atoms with Crippen LogP contribution in [0.1, 0.15) is 44.4 Å². The third-order valence-corrected chi connectivity index (χ3v) is 3.31. The number of benzene rings is 1. The molecule has 0 aliphatic carbocycles. The van der Waals surface area contributed by atoms with Gasteiger partial charge in [0.2, 0.25) is 5.88 Å². The molecule has 0 saturated carbocycles. The normalized spacial score (nSPS) is 11.1.